The maximum absolute atomic E-state index is 13.5. The van der Waals surface area contributed by atoms with E-state index in [1.54, 1.807) is 16.4 Å². The van der Waals surface area contributed by atoms with E-state index in [9.17, 15) is 13.2 Å². The molecule has 0 aliphatic carbocycles. The van der Waals surface area contributed by atoms with Crippen molar-refractivity contribution in [2.24, 2.45) is 5.92 Å². The number of hydrogen-bond donors (Lipinski definition) is 1. The van der Waals surface area contributed by atoms with Crippen LogP contribution in [0.25, 0.3) is 0 Å². The molecule has 2 aromatic rings. The average Bonchev–Trinajstić information content (AvgIpc) is 2.74. The van der Waals surface area contributed by atoms with Gasteiger partial charge < -0.3 is 5.32 Å². The standard InChI is InChI=1S/C23H30N2O3S/c1-19(2)16-25(29(27,28)22-10-8-20(17-26)9-11-22)18-23(12-14-24-15-13-23)21-6-4-3-5-7-21/h3-11,17,19,24H,12-16,18H2,1-2H3. The Kier molecular flexibility index (Phi) is 6.88. The lowest BCUT2D eigenvalue weighted by Crippen LogP contribution is -2.50. The Morgan fingerprint density at radius 3 is 2.21 bits per heavy atom. The van der Waals surface area contributed by atoms with Crippen LogP contribution in [0.2, 0.25) is 0 Å². The maximum Gasteiger partial charge on any atom is 0.243 e. The van der Waals surface area contributed by atoms with Crippen LogP contribution in [0, 0.1) is 5.92 Å². The largest absolute Gasteiger partial charge is 0.317 e. The van der Waals surface area contributed by atoms with Gasteiger partial charge in [0.1, 0.15) is 6.29 Å². The summed E-state index contributed by atoms with van der Waals surface area (Å²) in [7, 11) is -3.67. The summed E-state index contributed by atoms with van der Waals surface area (Å²) >= 11 is 0. The SMILES string of the molecule is CC(C)CN(CC1(c2ccccc2)CCNCC1)S(=O)(=O)c1ccc(C=O)cc1. The Labute approximate surface area is 174 Å². The molecule has 5 nitrogen and oxygen atoms in total. The van der Waals surface area contributed by atoms with Crippen LogP contribution >= 0.6 is 0 Å². The third-order valence-electron chi connectivity index (χ3n) is 5.65. The van der Waals surface area contributed by atoms with Crippen molar-refractivity contribution in [2.75, 3.05) is 26.2 Å². The van der Waals surface area contributed by atoms with Crippen LogP contribution in [0.5, 0.6) is 0 Å². The summed E-state index contributed by atoms with van der Waals surface area (Å²) in [6.45, 7) is 6.73. The number of hydrogen-bond acceptors (Lipinski definition) is 4. The van der Waals surface area contributed by atoms with E-state index in [0.29, 0.717) is 18.7 Å². The second kappa shape index (κ2) is 9.20. The van der Waals surface area contributed by atoms with E-state index in [1.165, 1.54) is 17.7 Å². The molecule has 1 saturated heterocycles. The molecule has 0 spiro atoms. The van der Waals surface area contributed by atoms with E-state index < -0.39 is 10.0 Å². The Balaban J connectivity index is 1.99. The minimum atomic E-state index is -3.67. The monoisotopic (exact) mass is 414 g/mol. The molecule has 1 aliphatic heterocycles. The van der Waals surface area contributed by atoms with Crippen molar-refractivity contribution in [3.8, 4) is 0 Å². The molecule has 0 aromatic heterocycles. The maximum atomic E-state index is 13.5. The summed E-state index contributed by atoms with van der Waals surface area (Å²) in [5.74, 6) is 0.202. The molecule has 0 unspecified atom stereocenters. The minimum absolute atomic E-state index is 0.202. The van der Waals surface area contributed by atoms with Crippen LogP contribution in [-0.4, -0.2) is 45.2 Å². The molecule has 156 valence electrons. The van der Waals surface area contributed by atoms with Gasteiger partial charge in [0.15, 0.2) is 0 Å². The highest BCUT2D eigenvalue weighted by atomic mass is 32.2. The highest BCUT2D eigenvalue weighted by molar-refractivity contribution is 7.89. The average molecular weight is 415 g/mol. The number of aldehydes is 1. The zero-order valence-electron chi connectivity index (χ0n) is 17.2. The van der Waals surface area contributed by atoms with E-state index >= 15 is 0 Å². The number of carbonyl (C=O) groups excluding carboxylic acids is 1. The van der Waals surface area contributed by atoms with Gasteiger partial charge in [0, 0.05) is 24.1 Å². The lowest BCUT2D eigenvalue weighted by molar-refractivity contribution is 0.112. The normalized spacial score (nSPS) is 16.8. The van der Waals surface area contributed by atoms with Crippen molar-refractivity contribution in [2.45, 2.75) is 37.0 Å². The van der Waals surface area contributed by atoms with Crippen LogP contribution in [0.4, 0.5) is 0 Å². The summed E-state index contributed by atoms with van der Waals surface area (Å²) in [4.78, 5) is 11.2. The molecule has 1 heterocycles. The van der Waals surface area contributed by atoms with Crippen LogP contribution < -0.4 is 5.32 Å². The summed E-state index contributed by atoms with van der Waals surface area (Å²) in [5, 5.41) is 3.41. The molecule has 0 radical (unpaired) electrons. The van der Waals surface area contributed by atoms with Crippen molar-refractivity contribution in [1.82, 2.24) is 9.62 Å². The number of sulfonamides is 1. The number of benzene rings is 2. The number of nitrogens with one attached hydrogen (secondary N) is 1. The van der Waals surface area contributed by atoms with Crippen molar-refractivity contribution >= 4 is 16.3 Å². The van der Waals surface area contributed by atoms with E-state index in [-0.39, 0.29) is 16.2 Å². The third kappa shape index (κ3) is 4.94. The van der Waals surface area contributed by atoms with Gasteiger partial charge in [-0.05, 0) is 49.5 Å². The Morgan fingerprint density at radius 1 is 1.03 bits per heavy atom. The second-order valence-corrected chi connectivity index (χ2v) is 10.2. The molecule has 1 N–H and O–H groups in total. The molecule has 0 amide bonds. The van der Waals surface area contributed by atoms with Gasteiger partial charge in [-0.2, -0.15) is 4.31 Å². The topological polar surface area (TPSA) is 66.5 Å². The van der Waals surface area contributed by atoms with Crippen LogP contribution in [0.3, 0.4) is 0 Å². The molecular formula is C23H30N2O3S. The van der Waals surface area contributed by atoms with Crippen LogP contribution in [0.15, 0.2) is 59.5 Å². The minimum Gasteiger partial charge on any atom is -0.317 e. The predicted octanol–water partition coefficient (Wildman–Crippen LogP) is 3.47. The van der Waals surface area contributed by atoms with Gasteiger partial charge in [-0.3, -0.25) is 4.79 Å². The van der Waals surface area contributed by atoms with Gasteiger partial charge in [-0.1, -0.05) is 56.3 Å². The highest BCUT2D eigenvalue weighted by Crippen LogP contribution is 2.36. The van der Waals surface area contributed by atoms with Crippen molar-refractivity contribution in [3.05, 3.63) is 65.7 Å². The molecule has 0 bridgehead atoms. The zero-order valence-corrected chi connectivity index (χ0v) is 18.0. The molecular weight excluding hydrogens is 384 g/mol. The fourth-order valence-corrected chi connectivity index (χ4v) is 5.78. The van der Waals surface area contributed by atoms with Crippen molar-refractivity contribution < 1.29 is 13.2 Å². The van der Waals surface area contributed by atoms with Gasteiger partial charge in [0.25, 0.3) is 0 Å². The number of carbonyl (C=O) groups is 1. The van der Waals surface area contributed by atoms with Gasteiger partial charge >= 0.3 is 0 Å². The zero-order chi connectivity index (χ0) is 20.9. The van der Waals surface area contributed by atoms with Gasteiger partial charge in [0.05, 0.1) is 4.90 Å². The first kappa shape index (κ1) is 21.7. The van der Waals surface area contributed by atoms with Gasteiger partial charge in [-0.25, -0.2) is 8.42 Å². The van der Waals surface area contributed by atoms with Gasteiger partial charge in [0.2, 0.25) is 10.0 Å². The lowest BCUT2D eigenvalue weighted by atomic mass is 9.73. The molecule has 29 heavy (non-hydrogen) atoms. The fourth-order valence-electron chi connectivity index (χ4n) is 4.10. The number of piperidine rings is 1. The Hall–Kier alpha value is -2.02. The highest BCUT2D eigenvalue weighted by Gasteiger charge is 2.39. The summed E-state index contributed by atoms with van der Waals surface area (Å²) < 4.78 is 28.7. The smallest absolute Gasteiger partial charge is 0.243 e. The Morgan fingerprint density at radius 2 is 1.66 bits per heavy atom. The summed E-state index contributed by atoms with van der Waals surface area (Å²) in [5.41, 5.74) is 1.46. The van der Waals surface area contributed by atoms with Crippen LogP contribution in [-0.2, 0) is 15.4 Å². The first-order chi connectivity index (χ1) is 13.9. The van der Waals surface area contributed by atoms with E-state index in [2.05, 4.69) is 17.4 Å². The summed E-state index contributed by atoms with van der Waals surface area (Å²) in [6.07, 6.45) is 2.51. The van der Waals surface area contributed by atoms with E-state index in [0.717, 1.165) is 32.2 Å². The molecule has 1 fully saturated rings. The molecule has 2 aromatic carbocycles. The third-order valence-corrected chi connectivity index (χ3v) is 7.47. The van der Waals surface area contributed by atoms with Crippen molar-refractivity contribution in [1.29, 1.82) is 0 Å². The lowest BCUT2D eigenvalue weighted by Gasteiger charge is -2.42. The molecule has 1 aliphatic rings. The first-order valence-corrected chi connectivity index (χ1v) is 11.6. The predicted molar refractivity (Wildman–Crippen MR) is 116 cm³/mol. The molecule has 0 atom stereocenters. The second-order valence-electron chi connectivity index (χ2n) is 8.27. The number of rotatable bonds is 8. The molecule has 3 rings (SSSR count). The summed E-state index contributed by atoms with van der Waals surface area (Å²) in [6, 6.07) is 16.5. The molecule has 6 heteroatoms. The Bertz CT molecular complexity index is 903. The van der Waals surface area contributed by atoms with Crippen LogP contribution in [0.1, 0.15) is 42.6 Å². The van der Waals surface area contributed by atoms with E-state index in [4.69, 9.17) is 0 Å². The first-order valence-electron chi connectivity index (χ1n) is 10.2. The van der Waals surface area contributed by atoms with Gasteiger partial charge in [-0.15, -0.1) is 0 Å². The fraction of sp³-hybridized carbons (Fsp3) is 0.435. The van der Waals surface area contributed by atoms with Crippen molar-refractivity contribution in [3.63, 3.8) is 0 Å². The quantitative estimate of drug-likeness (QED) is 0.672. The van der Waals surface area contributed by atoms with E-state index in [1.807, 2.05) is 32.0 Å². The molecule has 0 saturated carbocycles. The number of nitrogens with zero attached hydrogens (tertiary/aromatic N) is 1.